The SMILES string of the molecule is CCOC(=O)c1cc2nccn2c(C(C)=O)c1C. The van der Waals surface area contributed by atoms with E-state index in [-0.39, 0.29) is 5.78 Å². The first-order valence-corrected chi connectivity index (χ1v) is 5.71. The van der Waals surface area contributed by atoms with E-state index in [0.29, 0.717) is 29.1 Å². The van der Waals surface area contributed by atoms with Crippen LogP contribution < -0.4 is 0 Å². The zero-order valence-corrected chi connectivity index (χ0v) is 10.6. The maximum Gasteiger partial charge on any atom is 0.338 e. The topological polar surface area (TPSA) is 60.7 Å². The number of esters is 1. The van der Waals surface area contributed by atoms with E-state index in [1.54, 1.807) is 36.7 Å². The van der Waals surface area contributed by atoms with Crippen LogP contribution in [0.15, 0.2) is 18.5 Å². The summed E-state index contributed by atoms with van der Waals surface area (Å²) in [6, 6.07) is 1.64. The predicted octanol–water partition coefficient (Wildman–Crippen LogP) is 2.02. The summed E-state index contributed by atoms with van der Waals surface area (Å²) in [4.78, 5) is 27.7. The number of imidazole rings is 1. The normalized spacial score (nSPS) is 10.6. The molecule has 2 aromatic rings. The Bertz CT molecular complexity index is 628. The van der Waals surface area contributed by atoms with Gasteiger partial charge in [0, 0.05) is 19.3 Å². The lowest BCUT2D eigenvalue weighted by atomic mass is 10.1. The van der Waals surface area contributed by atoms with Gasteiger partial charge in [0.25, 0.3) is 0 Å². The van der Waals surface area contributed by atoms with Gasteiger partial charge in [0.1, 0.15) is 5.65 Å². The standard InChI is InChI=1S/C13H14N2O3/c1-4-18-13(17)10-7-11-14-5-6-15(11)12(8(10)2)9(3)16/h5-7H,4H2,1-3H3. The molecule has 2 rings (SSSR count). The highest BCUT2D eigenvalue weighted by Gasteiger charge is 2.19. The van der Waals surface area contributed by atoms with Gasteiger partial charge in [-0.3, -0.25) is 9.20 Å². The highest BCUT2D eigenvalue weighted by molar-refractivity contribution is 6.00. The minimum absolute atomic E-state index is 0.110. The summed E-state index contributed by atoms with van der Waals surface area (Å²) in [5, 5.41) is 0. The maximum atomic E-state index is 11.8. The Morgan fingerprint density at radius 3 is 2.78 bits per heavy atom. The minimum atomic E-state index is -0.428. The molecule has 0 unspecified atom stereocenters. The van der Waals surface area contributed by atoms with Crippen molar-refractivity contribution in [2.75, 3.05) is 6.61 Å². The smallest absolute Gasteiger partial charge is 0.338 e. The van der Waals surface area contributed by atoms with Crippen LogP contribution in [0.5, 0.6) is 0 Å². The fraction of sp³-hybridized carbons (Fsp3) is 0.308. The molecule has 0 aliphatic carbocycles. The molecule has 0 saturated carbocycles. The van der Waals surface area contributed by atoms with Gasteiger partial charge in [-0.15, -0.1) is 0 Å². The Labute approximate surface area is 104 Å². The van der Waals surface area contributed by atoms with Crippen LogP contribution in [0.4, 0.5) is 0 Å². The molecular weight excluding hydrogens is 232 g/mol. The summed E-state index contributed by atoms with van der Waals surface area (Å²) in [6.45, 7) is 5.25. The van der Waals surface area contributed by atoms with Crippen molar-refractivity contribution in [2.45, 2.75) is 20.8 Å². The summed E-state index contributed by atoms with van der Waals surface area (Å²) >= 11 is 0. The Morgan fingerprint density at radius 1 is 1.44 bits per heavy atom. The Hall–Kier alpha value is -2.17. The highest BCUT2D eigenvalue weighted by Crippen LogP contribution is 2.19. The molecular formula is C13H14N2O3. The van der Waals surface area contributed by atoms with E-state index >= 15 is 0 Å². The first-order chi connectivity index (χ1) is 8.56. The molecule has 0 radical (unpaired) electrons. The van der Waals surface area contributed by atoms with Crippen molar-refractivity contribution in [1.82, 2.24) is 9.38 Å². The average Bonchev–Trinajstić information content (AvgIpc) is 2.75. The Balaban J connectivity index is 2.72. The number of fused-ring (bicyclic) bond motifs is 1. The lowest BCUT2D eigenvalue weighted by molar-refractivity contribution is 0.0525. The molecule has 0 aliphatic rings. The molecule has 0 N–H and O–H groups in total. The van der Waals surface area contributed by atoms with Gasteiger partial charge in [-0.1, -0.05) is 0 Å². The van der Waals surface area contributed by atoms with Crippen molar-refractivity contribution >= 4 is 17.4 Å². The van der Waals surface area contributed by atoms with Crippen molar-refractivity contribution in [1.29, 1.82) is 0 Å². The number of aromatic nitrogens is 2. The number of carbonyl (C=O) groups is 2. The van der Waals surface area contributed by atoms with Gasteiger partial charge in [0.15, 0.2) is 5.78 Å². The second-order valence-corrected chi connectivity index (χ2v) is 3.96. The van der Waals surface area contributed by atoms with Gasteiger partial charge < -0.3 is 4.74 Å². The van der Waals surface area contributed by atoms with Gasteiger partial charge in [-0.2, -0.15) is 0 Å². The van der Waals surface area contributed by atoms with E-state index in [9.17, 15) is 9.59 Å². The van der Waals surface area contributed by atoms with Crippen molar-refractivity contribution in [3.8, 4) is 0 Å². The monoisotopic (exact) mass is 246 g/mol. The van der Waals surface area contributed by atoms with Crippen LogP contribution in [0.1, 0.15) is 40.3 Å². The van der Waals surface area contributed by atoms with Gasteiger partial charge in [-0.05, 0) is 25.5 Å². The number of rotatable bonds is 3. The van der Waals surface area contributed by atoms with E-state index in [1.165, 1.54) is 6.92 Å². The number of hydrogen-bond acceptors (Lipinski definition) is 4. The number of carbonyl (C=O) groups excluding carboxylic acids is 2. The quantitative estimate of drug-likeness (QED) is 0.614. The lowest BCUT2D eigenvalue weighted by Gasteiger charge is -2.11. The van der Waals surface area contributed by atoms with Crippen molar-refractivity contribution < 1.29 is 14.3 Å². The predicted molar refractivity (Wildman–Crippen MR) is 65.9 cm³/mol. The number of pyridine rings is 1. The molecule has 94 valence electrons. The second kappa shape index (κ2) is 4.60. The number of Topliss-reactive ketones (excluding diaryl/α,β-unsaturated/α-hetero) is 1. The molecule has 2 heterocycles. The van der Waals surface area contributed by atoms with Crippen LogP contribution in [0.3, 0.4) is 0 Å². The van der Waals surface area contributed by atoms with Gasteiger partial charge in [0.2, 0.25) is 0 Å². The fourth-order valence-electron chi connectivity index (χ4n) is 2.01. The molecule has 5 heteroatoms. The van der Waals surface area contributed by atoms with E-state index in [0.717, 1.165) is 0 Å². The zero-order valence-electron chi connectivity index (χ0n) is 10.6. The van der Waals surface area contributed by atoms with E-state index in [1.807, 2.05) is 0 Å². The first kappa shape index (κ1) is 12.3. The zero-order chi connectivity index (χ0) is 13.3. The van der Waals surface area contributed by atoms with Crippen LogP contribution in [-0.2, 0) is 4.74 Å². The third-order valence-corrected chi connectivity index (χ3v) is 2.77. The van der Waals surface area contributed by atoms with Crippen molar-refractivity contribution in [3.63, 3.8) is 0 Å². The highest BCUT2D eigenvalue weighted by atomic mass is 16.5. The number of nitrogens with zero attached hydrogens (tertiary/aromatic N) is 2. The third-order valence-electron chi connectivity index (χ3n) is 2.77. The van der Waals surface area contributed by atoms with Crippen LogP contribution in [0, 0.1) is 6.92 Å². The average molecular weight is 246 g/mol. The molecule has 0 amide bonds. The number of ketones is 1. The van der Waals surface area contributed by atoms with E-state index < -0.39 is 5.97 Å². The summed E-state index contributed by atoms with van der Waals surface area (Å²) in [5.41, 5.74) is 2.04. The van der Waals surface area contributed by atoms with E-state index in [2.05, 4.69) is 4.98 Å². The Kier molecular flexibility index (Phi) is 3.14. The van der Waals surface area contributed by atoms with Crippen LogP contribution in [0.25, 0.3) is 5.65 Å². The molecule has 2 aromatic heterocycles. The summed E-state index contributed by atoms with van der Waals surface area (Å²) in [5.74, 6) is -0.537. The third kappa shape index (κ3) is 1.88. The number of hydrogen-bond donors (Lipinski definition) is 0. The van der Waals surface area contributed by atoms with Gasteiger partial charge in [0.05, 0.1) is 17.9 Å². The van der Waals surface area contributed by atoms with Crippen LogP contribution in [-0.4, -0.2) is 27.7 Å². The Morgan fingerprint density at radius 2 is 2.17 bits per heavy atom. The van der Waals surface area contributed by atoms with Crippen molar-refractivity contribution in [3.05, 3.63) is 35.3 Å². The van der Waals surface area contributed by atoms with Crippen molar-refractivity contribution in [2.24, 2.45) is 0 Å². The fourth-order valence-corrected chi connectivity index (χ4v) is 2.01. The number of ether oxygens (including phenoxy) is 1. The molecule has 0 spiro atoms. The molecule has 0 aliphatic heterocycles. The van der Waals surface area contributed by atoms with Gasteiger partial charge in [-0.25, -0.2) is 9.78 Å². The van der Waals surface area contributed by atoms with Crippen LogP contribution in [0.2, 0.25) is 0 Å². The second-order valence-electron chi connectivity index (χ2n) is 3.96. The minimum Gasteiger partial charge on any atom is -0.462 e. The lowest BCUT2D eigenvalue weighted by Crippen LogP contribution is -2.13. The van der Waals surface area contributed by atoms with Crippen LogP contribution >= 0.6 is 0 Å². The van der Waals surface area contributed by atoms with Gasteiger partial charge >= 0.3 is 5.97 Å². The molecule has 18 heavy (non-hydrogen) atoms. The molecule has 5 nitrogen and oxygen atoms in total. The molecule has 0 saturated heterocycles. The summed E-state index contributed by atoms with van der Waals surface area (Å²) in [6.07, 6.45) is 3.30. The first-order valence-electron chi connectivity index (χ1n) is 5.71. The molecule has 0 bridgehead atoms. The summed E-state index contributed by atoms with van der Waals surface area (Å²) < 4.78 is 6.66. The maximum absolute atomic E-state index is 11.8. The molecule has 0 fully saturated rings. The molecule has 0 atom stereocenters. The molecule has 0 aromatic carbocycles. The van der Waals surface area contributed by atoms with E-state index in [4.69, 9.17) is 4.74 Å². The summed E-state index contributed by atoms with van der Waals surface area (Å²) in [7, 11) is 0. The largest absolute Gasteiger partial charge is 0.462 e.